The van der Waals surface area contributed by atoms with Crippen molar-refractivity contribution in [2.75, 3.05) is 46.6 Å². The molecule has 0 radical (unpaired) electrons. The number of carbonyl (C=O) groups excluding carboxylic acids is 8. The van der Waals surface area contributed by atoms with E-state index in [1.807, 2.05) is 70.7 Å². The average Bonchev–Trinajstić information content (AvgIpc) is 1.64. The number of hydrogen-bond donors (Lipinski definition) is 6. The second-order valence-electron chi connectivity index (χ2n) is 27.7. The fourth-order valence-electron chi connectivity index (χ4n) is 12.7. The topological polar surface area (TPSA) is 307 Å². The number of carbonyl (C=O) groups is 8. The number of ether oxygens (including phenoxy) is 2. The first kappa shape index (κ1) is 74.9. The van der Waals surface area contributed by atoms with Crippen LogP contribution in [0.4, 0.5) is 41.1 Å². The molecule has 2 atom stereocenters. The lowest BCUT2D eigenvalue weighted by molar-refractivity contribution is 0.0488. The minimum Gasteiger partial charge on any atom is -0.444 e. The quantitative estimate of drug-likeness (QED) is 0.0462. The highest BCUT2D eigenvalue weighted by Crippen LogP contribution is 2.36. The van der Waals surface area contributed by atoms with Gasteiger partial charge in [-0.3, -0.25) is 48.3 Å². The van der Waals surface area contributed by atoms with Gasteiger partial charge in [-0.1, -0.05) is 84.9 Å². The smallest absolute Gasteiger partial charge is 0.407 e. The number of thiazole rings is 2. The van der Waals surface area contributed by atoms with Crippen molar-refractivity contribution in [2.24, 2.45) is 0 Å². The molecule has 107 heavy (non-hydrogen) atoms. The Labute approximate surface area is 622 Å². The molecule has 8 heterocycles. The van der Waals surface area contributed by atoms with Gasteiger partial charge < -0.3 is 45.6 Å². The molecule has 25 nitrogen and oxygen atoms in total. The van der Waals surface area contributed by atoms with E-state index in [0.717, 1.165) is 40.7 Å². The SMILES string of the molecule is CC(C)(C)OC(=O)N[C@@H]1CCCN(c2c(F)cccc2NC(=O)c2csc(-c3cnn(Cc4ccccc4CN4C(=O)c5ccccc5C4=O)c3)n2)C1.CC(C)(C)OC(=O)N[C@@H]1CCCN(c2c(F)cccc2NC(=O)c2csc(-c3cnn(Cc4ccccc4CO)c3)n2)C1.O=C1NC(=O)c2ccccc21. The molecule has 4 aliphatic rings. The molecule has 0 spiro atoms. The fraction of sp³-hybridized carbons (Fsp3) is 0.282. The molecular formula is C78H78F2N14O11S2. The van der Waals surface area contributed by atoms with E-state index in [0.29, 0.717) is 101 Å². The monoisotopic (exact) mass is 1490 g/mol. The van der Waals surface area contributed by atoms with Crippen LogP contribution in [-0.2, 0) is 35.7 Å². The van der Waals surface area contributed by atoms with Gasteiger partial charge in [0.05, 0.1) is 83.6 Å². The molecule has 0 saturated carbocycles. The number of benzene rings is 6. The van der Waals surface area contributed by atoms with Crippen molar-refractivity contribution in [1.82, 2.24) is 50.4 Å². The van der Waals surface area contributed by atoms with Crippen LogP contribution in [0.15, 0.2) is 169 Å². The van der Waals surface area contributed by atoms with Crippen molar-refractivity contribution in [3.8, 4) is 21.1 Å². The Kier molecular flexibility index (Phi) is 22.9. The molecule has 29 heteroatoms. The number of anilines is 4. The lowest BCUT2D eigenvalue weighted by Gasteiger charge is -2.36. The van der Waals surface area contributed by atoms with Crippen LogP contribution in [0.2, 0.25) is 0 Å². The Hall–Kier alpha value is -11.8. The van der Waals surface area contributed by atoms with Gasteiger partial charge in [0, 0.05) is 72.5 Å². The normalized spacial score (nSPS) is 15.4. The van der Waals surface area contributed by atoms with Crippen molar-refractivity contribution in [3.63, 3.8) is 0 Å². The molecular weight excluding hydrogens is 1410 g/mol. The van der Waals surface area contributed by atoms with Crippen LogP contribution in [0, 0.1) is 11.6 Å². The van der Waals surface area contributed by atoms with Gasteiger partial charge in [-0.15, -0.1) is 22.7 Å². The van der Waals surface area contributed by atoms with E-state index in [2.05, 4.69) is 46.7 Å². The van der Waals surface area contributed by atoms with Crippen LogP contribution < -0.4 is 36.4 Å². The van der Waals surface area contributed by atoms with Gasteiger partial charge >= 0.3 is 12.2 Å². The second kappa shape index (κ2) is 32.7. The van der Waals surface area contributed by atoms with Gasteiger partial charge in [0.2, 0.25) is 0 Å². The van der Waals surface area contributed by atoms with Crippen molar-refractivity contribution >= 4 is 93.1 Å². The Morgan fingerprint density at radius 2 is 0.925 bits per heavy atom. The number of halogens is 2. The molecule has 14 rings (SSSR count). The molecule has 8 amide bonds. The fourth-order valence-corrected chi connectivity index (χ4v) is 14.2. The maximum Gasteiger partial charge on any atom is 0.407 e. The van der Waals surface area contributed by atoms with Crippen molar-refractivity contribution < 1.29 is 61.7 Å². The molecule has 0 aliphatic carbocycles. The number of nitrogens with one attached hydrogen (secondary N) is 5. The first-order valence-electron chi connectivity index (χ1n) is 34.6. The molecule has 0 bridgehead atoms. The van der Waals surface area contributed by atoms with E-state index >= 15 is 8.78 Å². The van der Waals surface area contributed by atoms with Crippen LogP contribution in [0.5, 0.6) is 0 Å². The molecule has 2 saturated heterocycles. The maximum atomic E-state index is 15.3. The number of aliphatic hydroxyl groups excluding tert-OH is 1. The summed E-state index contributed by atoms with van der Waals surface area (Å²) in [5.74, 6) is -3.13. The van der Waals surface area contributed by atoms with Crippen molar-refractivity contribution in [2.45, 2.75) is 117 Å². The summed E-state index contributed by atoms with van der Waals surface area (Å²) in [6.07, 6.45) is 8.87. The van der Waals surface area contributed by atoms with Gasteiger partial charge in [-0.05, 0) is 138 Å². The standard InChI is InChI=1S/C39H38FN7O5S.C31H35FN6O4S.C8H5NO2/c1-39(2,3)52-38(51)42-27-12-9-17-45(22-27)33-30(40)15-8-16-31(33)43-34(48)32-23-53-35(44-32)26-18-41-46(20-26)19-24-10-4-5-11-25(24)21-47-36(49)28-13-6-7-14-29(28)37(47)50;1-31(2,3)42-30(41)34-23-10-7-13-37(17-23)27-24(32)11-6-12-25(27)35-28(40)26-19-43-29(36-26)22-14-33-38(16-22)15-20-8-4-5-9-21(20)18-39;10-7-5-3-1-2-4-6(5)8(11)9-7/h4-8,10-11,13-16,18,20,23,27H,9,12,17,19,21-22H2,1-3H3,(H,42,51)(H,43,48);4-6,8-9,11-12,14,16,19,23,39H,7,10,13,15,17-18H2,1-3H3,(H,34,41)(H,35,40);1-4H,(H,9,10,11)/t27-;23-;/m11./s1. The average molecular weight is 1490 g/mol. The third-order valence-electron chi connectivity index (χ3n) is 17.5. The third-order valence-corrected chi connectivity index (χ3v) is 19.3. The summed E-state index contributed by atoms with van der Waals surface area (Å²) in [7, 11) is 0. The van der Waals surface area contributed by atoms with E-state index in [-0.39, 0.29) is 71.6 Å². The van der Waals surface area contributed by atoms with Crippen LogP contribution in [0.3, 0.4) is 0 Å². The lowest BCUT2D eigenvalue weighted by atomic mass is 10.0. The highest BCUT2D eigenvalue weighted by Gasteiger charge is 2.36. The Balaban J connectivity index is 0.000000177. The first-order valence-corrected chi connectivity index (χ1v) is 36.4. The molecule has 4 aliphatic heterocycles. The molecule has 4 aromatic heterocycles. The minimum atomic E-state index is -0.640. The molecule has 552 valence electrons. The summed E-state index contributed by atoms with van der Waals surface area (Å²) in [5, 5.41) is 36.7. The number of fused-ring (bicyclic) bond motifs is 2. The second-order valence-corrected chi connectivity index (χ2v) is 29.5. The van der Waals surface area contributed by atoms with E-state index in [1.165, 1.54) is 45.8 Å². The Morgan fingerprint density at radius 1 is 0.533 bits per heavy atom. The number of amides is 8. The molecule has 0 unspecified atom stereocenters. The molecule has 10 aromatic rings. The Morgan fingerprint density at radius 3 is 1.35 bits per heavy atom. The zero-order chi connectivity index (χ0) is 75.7. The van der Waals surface area contributed by atoms with Crippen LogP contribution in [0.25, 0.3) is 21.1 Å². The maximum absolute atomic E-state index is 15.3. The van der Waals surface area contributed by atoms with Gasteiger partial charge in [0.1, 0.15) is 44.2 Å². The van der Waals surface area contributed by atoms with Crippen LogP contribution >= 0.6 is 22.7 Å². The summed E-state index contributed by atoms with van der Waals surface area (Å²) in [6.45, 7) is 13.6. The molecule has 2 fully saturated rings. The number of rotatable bonds is 17. The summed E-state index contributed by atoms with van der Waals surface area (Å²) in [6, 6.07) is 37.4. The largest absolute Gasteiger partial charge is 0.444 e. The number of piperidine rings is 2. The van der Waals surface area contributed by atoms with Gasteiger partial charge in [0.15, 0.2) is 0 Å². The lowest BCUT2D eigenvalue weighted by Crippen LogP contribution is -2.49. The Bertz CT molecular complexity index is 4930. The van der Waals surface area contributed by atoms with Gasteiger partial charge in [-0.2, -0.15) is 10.2 Å². The number of nitrogens with zero attached hydrogens (tertiary/aromatic N) is 9. The van der Waals surface area contributed by atoms with Crippen LogP contribution in [0.1, 0.15) is 152 Å². The third kappa shape index (κ3) is 18.5. The van der Waals surface area contributed by atoms with Crippen molar-refractivity contribution in [3.05, 3.63) is 237 Å². The van der Waals surface area contributed by atoms with Gasteiger partial charge in [0.25, 0.3) is 35.4 Å². The number of aromatic nitrogens is 6. The van der Waals surface area contributed by atoms with E-state index in [1.54, 1.807) is 141 Å². The number of alkyl carbamates (subject to hydrolysis) is 2. The molecule has 6 aromatic carbocycles. The van der Waals surface area contributed by atoms with Crippen LogP contribution in [-0.4, -0.2) is 137 Å². The number of aliphatic hydroxyl groups is 1. The minimum absolute atomic E-state index is 0.0520. The summed E-state index contributed by atoms with van der Waals surface area (Å²) in [4.78, 5) is 113. The number of para-hydroxylation sites is 2. The summed E-state index contributed by atoms with van der Waals surface area (Å²) >= 11 is 2.59. The van der Waals surface area contributed by atoms with E-state index in [4.69, 9.17) is 9.47 Å². The highest BCUT2D eigenvalue weighted by molar-refractivity contribution is 7.13. The first-order chi connectivity index (χ1) is 51.3. The van der Waals surface area contributed by atoms with E-state index in [9.17, 15) is 43.5 Å². The van der Waals surface area contributed by atoms with E-state index < -0.39 is 46.8 Å². The summed E-state index contributed by atoms with van der Waals surface area (Å²) in [5.41, 5.74) is 6.99. The van der Waals surface area contributed by atoms with Gasteiger partial charge in [-0.25, -0.2) is 28.3 Å². The highest BCUT2D eigenvalue weighted by atomic mass is 32.1. The zero-order valence-corrected chi connectivity index (χ0v) is 61.1. The predicted octanol–water partition coefficient (Wildman–Crippen LogP) is 12.7. The van der Waals surface area contributed by atoms with Crippen molar-refractivity contribution in [1.29, 1.82) is 0 Å². The zero-order valence-electron chi connectivity index (χ0n) is 59.4. The number of hydrogen-bond acceptors (Lipinski definition) is 19. The summed E-state index contributed by atoms with van der Waals surface area (Å²) < 4.78 is 44.8. The predicted molar refractivity (Wildman–Crippen MR) is 400 cm³/mol. The molecule has 6 N–H and O–H groups in total. The number of imide groups is 2.